The van der Waals surface area contributed by atoms with Crippen molar-refractivity contribution in [1.82, 2.24) is 15.2 Å². The quantitative estimate of drug-likeness (QED) is 0.501. The first-order valence-electron chi connectivity index (χ1n) is 10.8. The SMILES string of the molecule is O=C(NCC1CCCCN1Cc1csc(COc2ccc(F)cc2)n1)Nc1ccccc1. The number of para-hydroxylation sites is 1. The number of nitrogens with zero attached hydrogens (tertiary/aromatic N) is 2. The molecular weight excluding hydrogens is 427 g/mol. The second-order valence-corrected chi connectivity index (χ2v) is 8.74. The number of hydrogen-bond donors (Lipinski definition) is 2. The number of carbonyl (C=O) groups is 1. The second-order valence-electron chi connectivity index (χ2n) is 7.80. The van der Waals surface area contributed by atoms with Crippen molar-refractivity contribution in [2.24, 2.45) is 0 Å². The van der Waals surface area contributed by atoms with E-state index in [9.17, 15) is 9.18 Å². The van der Waals surface area contributed by atoms with Crippen LogP contribution in [-0.4, -0.2) is 35.0 Å². The standard InChI is InChI=1S/C24H27FN4O2S/c25-18-9-11-22(12-10-18)31-16-23-27-20(17-32-23)15-29-13-5-4-8-21(29)14-26-24(30)28-19-6-2-1-3-7-19/h1-3,6-7,9-12,17,21H,4-5,8,13-16H2,(H2,26,28,30). The molecule has 1 aliphatic rings. The summed E-state index contributed by atoms with van der Waals surface area (Å²) in [6, 6.07) is 15.5. The Morgan fingerprint density at radius 1 is 1.16 bits per heavy atom. The van der Waals surface area contributed by atoms with Crippen molar-refractivity contribution in [2.75, 3.05) is 18.4 Å². The van der Waals surface area contributed by atoms with Crippen molar-refractivity contribution >= 4 is 23.1 Å². The highest BCUT2D eigenvalue weighted by molar-refractivity contribution is 7.09. The van der Waals surface area contributed by atoms with E-state index in [0.717, 1.165) is 48.7 Å². The van der Waals surface area contributed by atoms with Gasteiger partial charge in [0, 0.05) is 30.2 Å². The molecule has 0 aliphatic carbocycles. The summed E-state index contributed by atoms with van der Waals surface area (Å²) < 4.78 is 18.7. The van der Waals surface area contributed by atoms with Crippen LogP contribution in [0.1, 0.15) is 30.0 Å². The van der Waals surface area contributed by atoms with Gasteiger partial charge in [0.25, 0.3) is 0 Å². The van der Waals surface area contributed by atoms with Crippen LogP contribution in [0.3, 0.4) is 0 Å². The Hall–Kier alpha value is -2.97. The summed E-state index contributed by atoms with van der Waals surface area (Å²) in [5.74, 6) is 0.344. The smallest absolute Gasteiger partial charge is 0.319 e. The molecule has 2 heterocycles. The van der Waals surface area contributed by atoms with Crippen LogP contribution in [0, 0.1) is 5.82 Å². The van der Waals surface area contributed by atoms with Gasteiger partial charge in [0.1, 0.15) is 23.2 Å². The van der Waals surface area contributed by atoms with Crippen molar-refractivity contribution in [3.8, 4) is 5.75 Å². The van der Waals surface area contributed by atoms with Crippen molar-refractivity contribution in [1.29, 1.82) is 0 Å². The molecule has 1 fully saturated rings. The number of thiazole rings is 1. The van der Waals surface area contributed by atoms with E-state index in [1.165, 1.54) is 12.1 Å². The zero-order valence-corrected chi connectivity index (χ0v) is 18.6. The maximum absolute atomic E-state index is 13.0. The van der Waals surface area contributed by atoms with Crippen LogP contribution >= 0.6 is 11.3 Å². The number of aromatic nitrogens is 1. The highest BCUT2D eigenvalue weighted by Crippen LogP contribution is 2.21. The molecular formula is C24H27FN4O2S. The molecule has 1 unspecified atom stereocenters. The molecule has 0 spiro atoms. The van der Waals surface area contributed by atoms with E-state index < -0.39 is 0 Å². The maximum atomic E-state index is 13.0. The minimum absolute atomic E-state index is 0.185. The first kappa shape index (κ1) is 22.2. The molecule has 1 aromatic heterocycles. The van der Waals surface area contributed by atoms with Gasteiger partial charge in [-0.15, -0.1) is 11.3 Å². The van der Waals surface area contributed by atoms with Gasteiger partial charge < -0.3 is 15.4 Å². The Labute approximate surface area is 191 Å². The predicted octanol–water partition coefficient (Wildman–Crippen LogP) is 5.04. The van der Waals surface area contributed by atoms with E-state index >= 15 is 0 Å². The number of halogens is 1. The van der Waals surface area contributed by atoms with Gasteiger partial charge in [-0.2, -0.15) is 0 Å². The average molecular weight is 455 g/mol. The van der Waals surface area contributed by atoms with Crippen LogP contribution in [0.5, 0.6) is 5.75 Å². The molecule has 0 radical (unpaired) electrons. The second kappa shape index (κ2) is 11.1. The average Bonchev–Trinajstić information content (AvgIpc) is 3.26. The van der Waals surface area contributed by atoms with Gasteiger partial charge in [0.15, 0.2) is 0 Å². The molecule has 3 aromatic rings. The highest BCUT2D eigenvalue weighted by Gasteiger charge is 2.23. The zero-order chi connectivity index (χ0) is 22.2. The van der Waals surface area contributed by atoms with Gasteiger partial charge in [-0.3, -0.25) is 4.90 Å². The Morgan fingerprint density at radius 3 is 2.78 bits per heavy atom. The lowest BCUT2D eigenvalue weighted by atomic mass is 10.0. The minimum Gasteiger partial charge on any atom is -0.486 e. The minimum atomic E-state index is -0.281. The third-order valence-electron chi connectivity index (χ3n) is 5.42. The van der Waals surface area contributed by atoms with E-state index in [1.54, 1.807) is 23.5 Å². The summed E-state index contributed by atoms with van der Waals surface area (Å²) in [5.41, 5.74) is 1.79. The summed E-state index contributed by atoms with van der Waals surface area (Å²) >= 11 is 1.56. The number of urea groups is 1. The number of rotatable bonds is 8. The van der Waals surface area contributed by atoms with Crippen LogP contribution < -0.4 is 15.4 Å². The van der Waals surface area contributed by atoms with Crippen LogP contribution in [0.4, 0.5) is 14.9 Å². The number of hydrogen-bond acceptors (Lipinski definition) is 5. The number of nitrogens with one attached hydrogen (secondary N) is 2. The fraction of sp³-hybridized carbons (Fsp3) is 0.333. The highest BCUT2D eigenvalue weighted by atomic mass is 32.1. The largest absolute Gasteiger partial charge is 0.486 e. The lowest BCUT2D eigenvalue weighted by Gasteiger charge is -2.35. The molecule has 4 rings (SSSR count). The summed E-state index contributed by atoms with van der Waals surface area (Å²) in [7, 11) is 0. The van der Waals surface area contributed by atoms with E-state index in [-0.39, 0.29) is 17.9 Å². The number of benzene rings is 2. The lowest BCUT2D eigenvalue weighted by Crippen LogP contribution is -2.47. The van der Waals surface area contributed by atoms with Gasteiger partial charge >= 0.3 is 6.03 Å². The summed E-state index contributed by atoms with van der Waals surface area (Å²) in [6.07, 6.45) is 3.37. The van der Waals surface area contributed by atoms with Gasteiger partial charge in [-0.25, -0.2) is 14.2 Å². The molecule has 1 atom stereocenters. The van der Waals surface area contributed by atoms with E-state index in [2.05, 4.69) is 20.9 Å². The van der Waals surface area contributed by atoms with E-state index in [1.807, 2.05) is 30.3 Å². The Morgan fingerprint density at radius 2 is 1.97 bits per heavy atom. The number of amides is 2. The molecule has 1 saturated heterocycles. The number of ether oxygens (including phenoxy) is 1. The van der Waals surface area contributed by atoms with Crippen LogP contribution in [0.2, 0.25) is 0 Å². The van der Waals surface area contributed by atoms with Crippen molar-refractivity contribution in [3.05, 3.63) is 76.5 Å². The summed E-state index contributed by atoms with van der Waals surface area (Å²) in [4.78, 5) is 19.3. The van der Waals surface area contributed by atoms with Gasteiger partial charge in [0.2, 0.25) is 0 Å². The Bertz CT molecular complexity index is 997. The first-order chi connectivity index (χ1) is 15.7. The molecule has 6 nitrogen and oxygen atoms in total. The third kappa shape index (κ3) is 6.51. The Balaban J connectivity index is 1.26. The molecule has 2 aromatic carbocycles. The normalized spacial score (nSPS) is 16.5. The van der Waals surface area contributed by atoms with Crippen LogP contribution in [0.25, 0.3) is 0 Å². The number of anilines is 1. The van der Waals surface area contributed by atoms with Crippen molar-refractivity contribution in [3.63, 3.8) is 0 Å². The molecule has 2 amide bonds. The monoisotopic (exact) mass is 454 g/mol. The number of piperidine rings is 1. The van der Waals surface area contributed by atoms with Crippen LogP contribution in [0.15, 0.2) is 60.0 Å². The molecule has 32 heavy (non-hydrogen) atoms. The molecule has 2 N–H and O–H groups in total. The third-order valence-corrected chi connectivity index (χ3v) is 6.29. The maximum Gasteiger partial charge on any atom is 0.319 e. The fourth-order valence-corrected chi connectivity index (χ4v) is 4.47. The number of carbonyl (C=O) groups excluding carboxylic acids is 1. The fourth-order valence-electron chi connectivity index (χ4n) is 3.78. The Kier molecular flexibility index (Phi) is 7.68. The molecule has 168 valence electrons. The van der Waals surface area contributed by atoms with Crippen LogP contribution in [-0.2, 0) is 13.2 Å². The molecule has 0 bridgehead atoms. The molecule has 0 saturated carbocycles. The topological polar surface area (TPSA) is 66.5 Å². The lowest BCUT2D eigenvalue weighted by molar-refractivity contribution is 0.137. The van der Waals surface area contributed by atoms with Crippen molar-refractivity contribution < 1.29 is 13.9 Å². The molecule has 8 heteroatoms. The first-order valence-corrected chi connectivity index (χ1v) is 11.7. The van der Waals surface area contributed by atoms with Gasteiger partial charge in [-0.05, 0) is 55.8 Å². The van der Waals surface area contributed by atoms with Gasteiger partial charge in [0.05, 0.1) is 5.69 Å². The van der Waals surface area contributed by atoms with E-state index in [4.69, 9.17) is 9.72 Å². The molecule has 1 aliphatic heterocycles. The summed E-state index contributed by atoms with van der Waals surface area (Å²) in [5, 5.41) is 8.82. The van der Waals surface area contributed by atoms with Gasteiger partial charge in [-0.1, -0.05) is 24.6 Å². The zero-order valence-electron chi connectivity index (χ0n) is 17.8. The van der Waals surface area contributed by atoms with E-state index in [0.29, 0.717) is 18.9 Å². The summed E-state index contributed by atoms with van der Waals surface area (Å²) in [6.45, 7) is 2.70. The predicted molar refractivity (Wildman–Crippen MR) is 124 cm³/mol. The van der Waals surface area contributed by atoms with Crippen molar-refractivity contribution in [2.45, 2.75) is 38.5 Å². The number of likely N-dealkylation sites (tertiary alicyclic amines) is 1.